The molecule has 1 amide bonds. The number of hydrogen-bond acceptors (Lipinski definition) is 3. The molecule has 22 heavy (non-hydrogen) atoms. The number of thioether (sulfide) groups is 1. The van der Waals surface area contributed by atoms with Crippen molar-refractivity contribution in [3.8, 4) is 0 Å². The number of carbonyl (C=O) groups is 1. The van der Waals surface area contributed by atoms with E-state index in [0.29, 0.717) is 12.3 Å². The number of carbonyl (C=O) groups excluding carboxylic acids is 1. The van der Waals surface area contributed by atoms with Gasteiger partial charge in [0.25, 0.3) is 0 Å². The van der Waals surface area contributed by atoms with Crippen LogP contribution in [-0.4, -0.2) is 11.7 Å². The van der Waals surface area contributed by atoms with Gasteiger partial charge in [0, 0.05) is 10.6 Å². The summed E-state index contributed by atoms with van der Waals surface area (Å²) in [5.74, 6) is 1.48. The van der Waals surface area contributed by atoms with Crippen LogP contribution in [0, 0.1) is 0 Å². The summed E-state index contributed by atoms with van der Waals surface area (Å²) in [7, 11) is 0. The van der Waals surface area contributed by atoms with E-state index in [1.807, 2.05) is 17.5 Å². The maximum atomic E-state index is 11.8. The minimum absolute atomic E-state index is 0.102. The van der Waals surface area contributed by atoms with E-state index in [2.05, 4.69) is 50.4 Å². The Morgan fingerprint density at radius 1 is 1.18 bits per heavy atom. The average Bonchev–Trinajstić information content (AvgIpc) is 2.98. The van der Waals surface area contributed by atoms with Crippen molar-refractivity contribution in [3.05, 3.63) is 57.8 Å². The van der Waals surface area contributed by atoms with E-state index in [1.54, 1.807) is 23.1 Å². The van der Waals surface area contributed by atoms with Gasteiger partial charge in [-0.15, -0.1) is 23.1 Å². The Bertz CT molecular complexity index is 583. The van der Waals surface area contributed by atoms with Gasteiger partial charge in [-0.3, -0.25) is 4.79 Å². The highest BCUT2D eigenvalue weighted by Crippen LogP contribution is 2.23. The van der Waals surface area contributed by atoms with Crippen molar-refractivity contribution in [1.82, 2.24) is 5.32 Å². The lowest BCUT2D eigenvalue weighted by Crippen LogP contribution is -2.24. The highest BCUT2D eigenvalue weighted by Gasteiger charge is 2.12. The molecule has 0 fully saturated rings. The molecule has 118 valence electrons. The predicted molar refractivity (Wildman–Crippen MR) is 97.5 cm³/mol. The summed E-state index contributed by atoms with van der Waals surface area (Å²) in [6.45, 7) is 7.29. The maximum Gasteiger partial charge on any atom is 0.230 e. The molecular formula is C18H23NOS2. The average molecular weight is 334 g/mol. The van der Waals surface area contributed by atoms with E-state index in [0.717, 1.165) is 5.75 Å². The van der Waals surface area contributed by atoms with Crippen molar-refractivity contribution in [1.29, 1.82) is 0 Å². The van der Waals surface area contributed by atoms with Crippen molar-refractivity contribution in [2.45, 2.75) is 38.5 Å². The van der Waals surface area contributed by atoms with Gasteiger partial charge < -0.3 is 5.32 Å². The molecule has 0 spiro atoms. The van der Waals surface area contributed by atoms with Crippen LogP contribution >= 0.6 is 23.1 Å². The summed E-state index contributed by atoms with van der Waals surface area (Å²) in [5, 5.41) is 4.98. The van der Waals surface area contributed by atoms with Gasteiger partial charge in [-0.05, 0) is 28.0 Å². The molecule has 0 radical (unpaired) electrons. The number of rotatable bonds is 6. The quantitative estimate of drug-likeness (QED) is 0.837. The lowest BCUT2D eigenvalue weighted by molar-refractivity contribution is -0.118. The Kier molecular flexibility index (Phi) is 6.09. The number of benzene rings is 1. The van der Waals surface area contributed by atoms with Crippen LogP contribution in [0.1, 0.15) is 36.8 Å². The van der Waals surface area contributed by atoms with Gasteiger partial charge in [-0.25, -0.2) is 0 Å². The molecule has 2 nitrogen and oxygen atoms in total. The second-order valence-corrected chi connectivity index (χ2v) is 8.31. The van der Waals surface area contributed by atoms with Crippen LogP contribution < -0.4 is 5.32 Å². The minimum Gasteiger partial charge on any atom is -0.350 e. The second kappa shape index (κ2) is 7.84. The molecule has 1 heterocycles. The Labute approximate surface area is 141 Å². The van der Waals surface area contributed by atoms with Crippen LogP contribution in [0.25, 0.3) is 0 Å². The van der Waals surface area contributed by atoms with Crippen molar-refractivity contribution >= 4 is 29.0 Å². The van der Waals surface area contributed by atoms with Gasteiger partial charge in [0.2, 0.25) is 5.91 Å². The van der Waals surface area contributed by atoms with E-state index < -0.39 is 0 Å². The molecule has 1 N–H and O–H groups in total. The van der Waals surface area contributed by atoms with Gasteiger partial charge in [0.1, 0.15) is 0 Å². The Hall–Kier alpha value is -1.26. The maximum absolute atomic E-state index is 11.8. The second-order valence-electron chi connectivity index (χ2n) is 6.30. The van der Waals surface area contributed by atoms with Crippen molar-refractivity contribution in [2.24, 2.45) is 0 Å². The van der Waals surface area contributed by atoms with E-state index in [4.69, 9.17) is 0 Å². The fourth-order valence-corrected chi connectivity index (χ4v) is 3.47. The predicted octanol–water partition coefficient (Wildman–Crippen LogP) is 4.60. The molecule has 0 saturated heterocycles. The summed E-state index contributed by atoms with van der Waals surface area (Å²) in [4.78, 5) is 13.0. The van der Waals surface area contributed by atoms with Gasteiger partial charge in [0.05, 0.1) is 12.3 Å². The zero-order valence-corrected chi connectivity index (χ0v) is 15.0. The fourth-order valence-electron chi connectivity index (χ4n) is 2.01. The first-order chi connectivity index (χ1) is 10.4. The van der Waals surface area contributed by atoms with Gasteiger partial charge in [-0.1, -0.05) is 51.1 Å². The standard InChI is InChI=1S/C18H23NOS2/c1-18(2,3)15-8-6-14(7-9-15)12-21-13-17(20)19-11-16-5-4-10-22-16/h4-10H,11-13H2,1-3H3,(H,19,20). The van der Waals surface area contributed by atoms with E-state index in [-0.39, 0.29) is 11.3 Å². The molecular weight excluding hydrogens is 310 g/mol. The molecule has 1 aromatic heterocycles. The third-order valence-electron chi connectivity index (χ3n) is 3.36. The topological polar surface area (TPSA) is 29.1 Å². The first kappa shape index (κ1) is 17.1. The summed E-state index contributed by atoms with van der Waals surface area (Å²) in [6.07, 6.45) is 0. The molecule has 0 aliphatic carbocycles. The number of hydrogen-bond donors (Lipinski definition) is 1. The molecule has 4 heteroatoms. The number of amides is 1. The number of thiophene rings is 1. The Morgan fingerprint density at radius 2 is 1.91 bits per heavy atom. The molecule has 2 rings (SSSR count). The summed E-state index contributed by atoms with van der Waals surface area (Å²) < 4.78 is 0. The van der Waals surface area contributed by atoms with Crippen LogP contribution in [0.4, 0.5) is 0 Å². The highest BCUT2D eigenvalue weighted by molar-refractivity contribution is 7.99. The first-order valence-corrected chi connectivity index (χ1v) is 9.45. The normalized spacial score (nSPS) is 11.4. The van der Waals surface area contributed by atoms with Gasteiger partial charge >= 0.3 is 0 Å². The van der Waals surface area contributed by atoms with Gasteiger partial charge in [0.15, 0.2) is 0 Å². The molecule has 0 saturated carbocycles. The molecule has 0 aliphatic rings. The van der Waals surface area contributed by atoms with E-state index in [1.165, 1.54) is 16.0 Å². The Morgan fingerprint density at radius 3 is 2.50 bits per heavy atom. The van der Waals surface area contributed by atoms with Crippen molar-refractivity contribution in [3.63, 3.8) is 0 Å². The van der Waals surface area contributed by atoms with Crippen LogP contribution in [0.15, 0.2) is 41.8 Å². The summed E-state index contributed by atoms with van der Waals surface area (Å²) >= 11 is 3.32. The minimum atomic E-state index is 0.102. The monoisotopic (exact) mass is 333 g/mol. The lowest BCUT2D eigenvalue weighted by atomic mass is 9.87. The molecule has 0 atom stereocenters. The van der Waals surface area contributed by atoms with E-state index in [9.17, 15) is 4.79 Å². The highest BCUT2D eigenvalue weighted by atomic mass is 32.2. The third-order valence-corrected chi connectivity index (χ3v) is 5.24. The van der Waals surface area contributed by atoms with Crippen LogP contribution in [-0.2, 0) is 22.5 Å². The third kappa shape index (κ3) is 5.50. The molecule has 1 aromatic carbocycles. The zero-order chi connectivity index (χ0) is 16.0. The first-order valence-electron chi connectivity index (χ1n) is 7.41. The molecule has 0 aliphatic heterocycles. The van der Waals surface area contributed by atoms with Crippen molar-refractivity contribution in [2.75, 3.05) is 5.75 Å². The molecule has 2 aromatic rings. The van der Waals surface area contributed by atoms with Gasteiger partial charge in [-0.2, -0.15) is 0 Å². The van der Waals surface area contributed by atoms with Crippen LogP contribution in [0.5, 0.6) is 0 Å². The number of nitrogens with one attached hydrogen (secondary N) is 1. The molecule has 0 unspecified atom stereocenters. The van der Waals surface area contributed by atoms with Crippen LogP contribution in [0.2, 0.25) is 0 Å². The Balaban J connectivity index is 1.70. The lowest BCUT2D eigenvalue weighted by Gasteiger charge is -2.19. The van der Waals surface area contributed by atoms with Crippen molar-refractivity contribution < 1.29 is 4.79 Å². The zero-order valence-electron chi connectivity index (χ0n) is 13.4. The molecule has 0 bridgehead atoms. The summed E-state index contributed by atoms with van der Waals surface area (Å²) in [6, 6.07) is 12.7. The van der Waals surface area contributed by atoms with Crippen LogP contribution in [0.3, 0.4) is 0 Å². The van der Waals surface area contributed by atoms with E-state index >= 15 is 0 Å². The SMILES string of the molecule is CC(C)(C)c1ccc(CSCC(=O)NCc2cccs2)cc1. The smallest absolute Gasteiger partial charge is 0.230 e. The largest absolute Gasteiger partial charge is 0.350 e. The fraction of sp³-hybridized carbons (Fsp3) is 0.389. The summed E-state index contributed by atoms with van der Waals surface area (Å²) in [5.41, 5.74) is 2.80.